The van der Waals surface area contributed by atoms with Gasteiger partial charge in [-0.15, -0.1) is 0 Å². The number of rotatable bonds is 3. The Morgan fingerprint density at radius 2 is 2.14 bits per heavy atom. The third-order valence-corrected chi connectivity index (χ3v) is 4.63. The van der Waals surface area contributed by atoms with Crippen LogP contribution in [0.25, 0.3) is 0 Å². The first kappa shape index (κ1) is 15.4. The molecule has 2 fully saturated rings. The maximum absolute atomic E-state index is 11.4. The second-order valence-electron chi connectivity index (χ2n) is 6.35. The predicted molar refractivity (Wildman–Crippen MR) is 81.2 cm³/mol. The lowest BCUT2D eigenvalue weighted by Gasteiger charge is -2.37. The molecular weight excluding hydrogens is 282 g/mol. The maximum atomic E-state index is 11.4. The number of amides is 1. The van der Waals surface area contributed by atoms with E-state index in [9.17, 15) is 4.79 Å². The van der Waals surface area contributed by atoms with E-state index in [0.29, 0.717) is 5.92 Å². The van der Waals surface area contributed by atoms with E-state index >= 15 is 0 Å². The van der Waals surface area contributed by atoms with Crippen LogP contribution in [0.5, 0.6) is 0 Å². The Balaban J connectivity index is 1.50. The highest BCUT2D eigenvalue weighted by Crippen LogP contribution is 2.23. The van der Waals surface area contributed by atoms with Crippen molar-refractivity contribution in [2.24, 2.45) is 5.92 Å². The molecule has 1 amide bonds. The lowest BCUT2D eigenvalue weighted by molar-refractivity contribution is -0.130. The van der Waals surface area contributed by atoms with E-state index in [1.807, 2.05) is 11.8 Å². The number of ether oxygens (including phenoxy) is 1. The molecule has 0 bridgehead atoms. The van der Waals surface area contributed by atoms with Crippen LogP contribution in [-0.4, -0.2) is 70.2 Å². The van der Waals surface area contributed by atoms with Crippen molar-refractivity contribution in [3.63, 3.8) is 0 Å². The van der Waals surface area contributed by atoms with Gasteiger partial charge in [-0.05, 0) is 25.7 Å². The molecule has 0 spiro atoms. The molecule has 3 heterocycles. The van der Waals surface area contributed by atoms with E-state index in [-0.39, 0.29) is 12.0 Å². The van der Waals surface area contributed by atoms with E-state index in [2.05, 4.69) is 20.1 Å². The summed E-state index contributed by atoms with van der Waals surface area (Å²) in [5.74, 6) is 2.45. The number of morpholine rings is 1. The number of hydrogen-bond donors (Lipinski definition) is 1. The van der Waals surface area contributed by atoms with Crippen LogP contribution in [0.15, 0.2) is 0 Å². The normalized spacial score (nSPS) is 24.6. The van der Waals surface area contributed by atoms with Gasteiger partial charge in [-0.25, -0.2) is 4.98 Å². The van der Waals surface area contributed by atoms with Crippen molar-refractivity contribution < 1.29 is 9.53 Å². The van der Waals surface area contributed by atoms with Crippen molar-refractivity contribution in [2.45, 2.75) is 32.8 Å². The average molecular weight is 307 g/mol. The summed E-state index contributed by atoms with van der Waals surface area (Å²) in [6.07, 6.45) is 2.17. The Morgan fingerprint density at radius 3 is 2.77 bits per heavy atom. The maximum Gasteiger partial charge on any atom is 0.219 e. The Labute approximate surface area is 131 Å². The number of nitrogens with zero attached hydrogens (tertiary/aromatic N) is 4. The summed E-state index contributed by atoms with van der Waals surface area (Å²) in [6.45, 7) is 8.98. The Bertz CT molecular complexity index is 510. The topological polar surface area (TPSA) is 74.3 Å². The minimum atomic E-state index is -0.0315. The van der Waals surface area contributed by atoms with Crippen LogP contribution in [0.1, 0.15) is 37.5 Å². The first-order valence-electron chi connectivity index (χ1n) is 8.10. The second-order valence-corrected chi connectivity index (χ2v) is 6.35. The molecular formula is C15H25N5O2. The first-order chi connectivity index (χ1) is 10.6. The zero-order valence-corrected chi connectivity index (χ0v) is 13.4. The fourth-order valence-corrected chi connectivity index (χ4v) is 3.32. The molecule has 122 valence electrons. The highest BCUT2D eigenvalue weighted by Gasteiger charge is 2.28. The van der Waals surface area contributed by atoms with Gasteiger partial charge in [0.15, 0.2) is 5.82 Å². The number of carbonyl (C=O) groups excluding carboxylic acids is 1. The van der Waals surface area contributed by atoms with Crippen molar-refractivity contribution in [1.82, 2.24) is 25.0 Å². The smallest absolute Gasteiger partial charge is 0.219 e. The molecule has 1 aromatic rings. The van der Waals surface area contributed by atoms with E-state index < -0.39 is 0 Å². The van der Waals surface area contributed by atoms with Crippen LogP contribution in [-0.2, 0) is 9.53 Å². The average Bonchev–Trinajstić information content (AvgIpc) is 2.95. The van der Waals surface area contributed by atoms with E-state index in [0.717, 1.165) is 63.8 Å². The van der Waals surface area contributed by atoms with Gasteiger partial charge in [0, 0.05) is 39.6 Å². The molecule has 3 rings (SSSR count). The van der Waals surface area contributed by atoms with E-state index in [1.165, 1.54) is 0 Å². The summed E-state index contributed by atoms with van der Waals surface area (Å²) < 4.78 is 5.81. The molecule has 1 atom stereocenters. The summed E-state index contributed by atoms with van der Waals surface area (Å²) >= 11 is 0. The van der Waals surface area contributed by atoms with Gasteiger partial charge >= 0.3 is 0 Å². The summed E-state index contributed by atoms with van der Waals surface area (Å²) in [5, 5.41) is 7.10. The minimum Gasteiger partial charge on any atom is -0.367 e. The highest BCUT2D eigenvalue weighted by atomic mass is 16.5. The molecule has 7 nitrogen and oxygen atoms in total. The number of H-pyrrole nitrogens is 1. The van der Waals surface area contributed by atoms with Crippen LogP contribution in [0.3, 0.4) is 0 Å². The van der Waals surface area contributed by atoms with Crippen LogP contribution in [0.4, 0.5) is 0 Å². The fraction of sp³-hybridized carbons (Fsp3) is 0.800. The number of hydrogen-bond acceptors (Lipinski definition) is 5. The lowest BCUT2D eigenvalue weighted by Crippen LogP contribution is -2.44. The summed E-state index contributed by atoms with van der Waals surface area (Å²) in [6, 6.07) is 0. The molecule has 1 aromatic heterocycles. The standard InChI is InChI=1S/C15H25N5O2/c1-11-16-15(18-17-11)14-10-19(7-8-22-14)9-13-3-5-20(6-4-13)12(2)21/h13-14H,3-10H2,1-2H3,(H,16,17,18). The molecule has 0 radical (unpaired) electrons. The number of piperidine rings is 1. The SMILES string of the molecule is CC(=O)N1CCC(CN2CCOC(c3n[nH]c(C)n3)C2)CC1. The number of aromatic amines is 1. The molecule has 1 unspecified atom stereocenters. The zero-order valence-electron chi connectivity index (χ0n) is 13.4. The third kappa shape index (κ3) is 3.64. The molecule has 22 heavy (non-hydrogen) atoms. The molecule has 0 aliphatic carbocycles. The van der Waals surface area contributed by atoms with E-state index in [4.69, 9.17) is 4.74 Å². The third-order valence-electron chi connectivity index (χ3n) is 4.63. The van der Waals surface area contributed by atoms with Crippen molar-refractivity contribution in [3.8, 4) is 0 Å². The second kappa shape index (κ2) is 6.75. The van der Waals surface area contributed by atoms with Gasteiger partial charge in [0.1, 0.15) is 11.9 Å². The van der Waals surface area contributed by atoms with Gasteiger partial charge in [0.25, 0.3) is 0 Å². The number of aromatic nitrogens is 3. The van der Waals surface area contributed by atoms with Gasteiger partial charge < -0.3 is 9.64 Å². The number of likely N-dealkylation sites (tertiary alicyclic amines) is 1. The number of nitrogens with one attached hydrogen (secondary N) is 1. The highest BCUT2D eigenvalue weighted by molar-refractivity contribution is 5.73. The van der Waals surface area contributed by atoms with Crippen LogP contribution in [0, 0.1) is 12.8 Å². The quantitative estimate of drug-likeness (QED) is 0.892. The van der Waals surface area contributed by atoms with E-state index in [1.54, 1.807) is 6.92 Å². The molecule has 2 aliphatic rings. The van der Waals surface area contributed by atoms with Gasteiger partial charge in [-0.2, -0.15) is 5.10 Å². The molecule has 2 saturated heterocycles. The monoisotopic (exact) mass is 307 g/mol. The first-order valence-corrected chi connectivity index (χ1v) is 8.10. The fourth-order valence-electron chi connectivity index (χ4n) is 3.32. The molecule has 7 heteroatoms. The molecule has 2 aliphatic heterocycles. The Kier molecular flexibility index (Phi) is 4.73. The Morgan fingerprint density at radius 1 is 1.36 bits per heavy atom. The summed E-state index contributed by atoms with van der Waals surface area (Å²) in [5.41, 5.74) is 0. The molecule has 1 N–H and O–H groups in total. The summed E-state index contributed by atoms with van der Waals surface area (Å²) in [7, 11) is 0. The van der Waals surface area contributed by atoms with Gasteiger partial charge in [0.05, 0.1) is 6.61 Å². The van der Waals surface area contributed by atoms with Gasteiger partial charge in [0.2, 0.25) is 5.91 Å². The van der Waals surface area contributed by atoms with Gasteiger partial charge in [-0.1, -0.05) is 0 Å². The van der Waals surface area contributed by atoms with Crippen molar-refractivity contribution in [2.75, 3.05) is 39.3 Å². The molecule has 0 aromatic carbocycles. The number of carbonyl (C=O) groups is 1. The van der Waals surface area contributed by atoms with Crippen molar-refractivity contribution in [1.29, 1.82) is 0 Å². The van der Waals surface area contributed by atoms with Crippen LogP contribution < -0.4 is 0 Å². The Hall–Kier alpha value is -1.47. The lowest BCUT2D eigenvalue weighted by atomic mass is 9.96. The van der Waals surface area contributed by atoms with Crippen molar-refractivity contribution in [3.05, 3.63) is 11.6 Å². The molecule has 0 saturated carbocycles. The zero-order chi connectivity index (χ0) is 15.5. The van der Waals surface area contributed by atoms with Gasteiger partial charge in [-0.3, -0.25) is 14.8 Å². The minimum absolute atomic E-state index is 0.0315. The van der Waals surface area contributed by atoms with Crippen LogP contribution in [0.2, 0.25) is 0 Å². The van der Waals surface area contributed by atoms with Crippen LogP contribution >= 0.6 is 0 Å². The largest absolute Gasteiger partial charge is 0.367 e. The summed E-state index contributed by atoms with van der Waals surface area (Å²) in [4.78, 5) is 20.2. The predicted octanol–water partition coefficient (Wildman–Crippen LogP) is 0.745. The van der Waals surface area contributed by atoms with Crippen molar-refractivity contribution >= 4 is 5.91 Å². The number of aryl methyl sites for hydroxylation is 1.